The number of nitrogens with two attached hydrogens (primary N) is 1. The molecule has 1 aliphatic carbocycles. The lowest BCUT2D eigenvalue weighted by molar-refractivity contribution is -0.147. The van der Waals surface area contributed by atoms with Gasteiger partial charge in [-0.25, -0.2) is 0 Å². The van der Waals surface area contributed by atoms with Gasteiger partial charge < -0.3 is 10.8 Å². The molecule has 2 rings (SSSR count). The largest absolute Gasteiger partial charge is 0.481 e. The molecule has 3 heteroatoms. The Balaban J connectivity index is 2.53. The SMILES string of the molecule is Cc1ccccc1C(CN)(C(=O)O)C1CCC1. The lowest BCUT2D eigenvalue weighted by Crippen LogP contribution is -2.51. The maximum absolute atomic E-state index is 11.8. The molecule has 0 saturated heterocycles. The number of carboxylic acid groups (broad SMARTS) is 1. The van der Waals surface area contributed by atoms with Crippen molar-refractivity contribution >= 4 is 5.97 Å². The number of carboxylic acids is 1. The van der Waals surface area contributed by atoms with Gasteiger partial charge in [0.2, 0.25) is 0 Å². The van der Waals surface area contributed by atoms with Crippen molar-refractivity contribution in [1.29, 1.82) is 0 Å². The first kappa shape index (κ1) is 12.1. The van der Waals surface area contributed by atoms with Crippen LogP contribution in [-0.4, -0.2) is 17.6 Å². The fourth-order valence-corrected chi connectivity index (χ4v) is 2.85. The molecule has 0 heterocycles. The molecule has 0 bridgehead atoms. The van der Waals surface area contributed by atoms with Gasteiger partial charge in [-0.1, -0.05) is 30.7 Å². The van der Waals surface area contributed by atoms with Gasteiger partial charge in [0, 0.05) is 6.54 Å². The molecule has 17 heavy (non-hydrogen) atoms. The summed E-state index contributed by atoms with van der Waals surface area (Å²) in [5.41, 5.74) is 6.86. The van der Waals surface area contributed by atoms with Crippen LogP contribution in [0.4, 0.5) is 0 Å². The predicted molar refractivity (Wildman–Crippen MR) is 66.9 cm³/mol. The Morgan fingerprint density at radius 1 is 1.47 bits per heavy atom. The molecule has 0 aromatic heterocycles. The number of aryl methyl sites for hydroxylation is 1. The van der Waals surface area contributed by atoms with E-state index in [2.05, 4.69) is 0 Å². The highest BCUT2D eigenvalue weighted by Gasteiger charge is 2.49. The zero-order valence-corrected chi connectivity index (χ0v) is 10.1. The normalized spacial score (nSPS) is 19.4. The van der Waals surface area contributed by atoms with Crippen molar-refractivity contribution in [3.05, 3.63) is 35.4 Å². The molecule has 1 aromatic rings. The predicted octanol–water partition coefficient (Wildman–Crippen LogP) is 2.08. The van der Waals surface area contributed by atoms with Crippen molar-refractivity contribution < 1.29 is 9.90 Å². The molecule has 0 radical (unpaired) electrons. The van der Waals surface area contributed by atoms with Gasteiger partial charge in [-0.3, -0.25) is 4.79 Å². The van der Waals surface area contributed by atoms with E-state index in [0.29, 0.717) is 0 Å². The van der Waals surface area contributed by atoms with E-state index in [9.17, 15) is 9.90 Å². The highest BCUT2D eigenvalue weighted by molar-refractivity contribution is 5.83. The molecule has 1 atom stereocenters. The molecule has 1 fully saturated rings. The van der Waals surface area contributed by atoms with Crippen LogP contribution in [-0.2, 0) is 10.2 Å². The zero-order chi connectivity index (χ0) is 12.5. The summed E-state index contributed by atoms with van der Waals surface area (Å²) in [6.45, 7) is 2.14. The van der Waals surface area contributed by atoms with Crippen molar-refractivity contribution in [2.45, 2.75) is 31.6 Å². The summed E-state index contributed by atoms with van der Waals surface area (Å²) in [6.07, 6.45) is 3.06. The van der Waals surface area contributed by atoms with E-state index < -0.39 is 11.4 Å². The van der Waals surface area contributed by atoms with Crippen molar-refractivity contribution in [2.75, 3.05) is 6.54 Å². The molecule has 1 aliphatic rings. The Labute approximate surface area is 102 Å². The average Bonchev–Trinajstić information content (AvgIpc) is 2.23. The summed E-state index contributed by atoms with van der Waals surface area (Å²) >= 11 is 0. The third kappa shape index (κ3) is 1.75. The van der Waals surface area contributed by atoms with Gasteiger partial charge in [0.1, 0.15) is 5.41 Å². The molecule has 1 unspecified atom stereocenters. The second-order valence-electron chi connectivity index (χ2n) is 4.92. The Morgan fingerprint density at radius 2 is 2.12 bits per heavy atom. The lowest BCUT2D eigenvalue weighted by atomic mass is 9.61. The quantitative estimate of drug-likeness (QED) is 0.836. The van der Waals surface area contributed by atoms with Gasteiger partial charge in [-0.05, 0) is 36.8 Å². The number of hydrogen-bond acceptors (Lipinski definition) is 2. The van der Waals surface area contributed by atoms with Crippen molar-refractivity contribution in [3.63, 3.8) is 0 Å². The molecule has 1 aromatic carbocycles. The van der Waals surface area contributed by atoms with Gasteiger partial charge in [0.15, 0.2) is 0 Å². The third-order valence-corrected chi connectivity index (χ3v) is 4.13. The van der Waals surface area contributed by atoms with Crippen LogP contribution in [0.3, 0.4) is 0 Å². The molecule has 92 valence electrons. The number of carbonyl (C=O) groups is 1. The van der Waals surface area contributed by atoms with Crippen LogP contribution < -0.4 is 5.73 Å². The number of benzene rings is 1. The average molecular weight is 233 g/mol. The second kappa shape index (κ2) is 4.49. The molecular weight excluding hydrogens is 214 g/mol. The van der Waals surface area contributed by atoms with E-state index >= 15 is 0 Å². The number of rotatable bonds is 4. The molecule has 0 spiro atoms. The number of aliphatic carboxylic acids is 1. The zero-order valence-electron chi connectivity index (χ0n) is 10.1. The van der Waals surface area contributed by atoms with Crippen LogP contribution in [0, 0.1) is 12.8 Å². The number of hydrogen-bond donors (Lipinski definition) is 2. The molecule has 0 amide bonds. The molecule has 1 saturated carbocycles. The minimum absolute atomic E-state index is 0.178. The highest BCUT2D eigenvalue weighted by atomic mass is 16.4. The van der Waals surface area contributed by atoms with Crippen LogP contribution in [0.25, 0.3) is 0 Å². The Hall–Kier alpha value is -1.35. The van der Waals surface area contributed by atoms with Crippen molar-refractivity contribution in [2.24, 2.45) is 11.7 Å². The van der Waals surface area contributed by atoms with Crippen LogP contribution in [0.1, 0.15) is 30.4 Å². The highest BCUT2D eigenvalue weighted by Crippen LogP contribution is 2.44. The lowest BCUT2D eigenvalue weighted by Gasteiger charge is -2.42. The molecular formula is C14H19NO2. The van der Waals surface area contributed by atoms with Crippen LogP contribution in [0.15, 0.2) is 24.3 Å². The fourth-order valence-electron chi connectivity index (χ4n) is 2.85. The van der Waals surface area contributed by atoms with E-state index in [1.54, 1.807) is 0 Å². The summed E-state index contributed by atoms with van der Waals surface area (Å²) in [6, 6.07) is 7.70. The second-order valence-corrected chi connectivity index (χ2v) is 4.92. The first-order chi connectivity index (χ1) is 8.13. The summed E-state index contributed by atoms with van der Waals surface area (Å²) in [4.78, 5) is 11.8. The minimum Gasteiger partial charge on any atom is -0.481 e. The fraction of sp³-hybridized carbons (Fsp3) is 0.500. The van der Waals surface area contributed by atoms with Crippen LogP contribution >= 0.6 is 0 Å². The summed E-state index contributed by atoms with van der Waals surface area (Å²) in [5, 5.41) is 9.66. The first-order valence-electron chi connectivity index (χ1n) is 6.12. The van der Waals surface area contributed by atoms with Crippen molar-refractivity contribution in [1.82, 2.24) is 0 Å². The van der Waals surface area contributed by atoms with Gasteiger partial charge >= 0.3 is 5.97 Å². The first-order valence-corrected chi connectivity index (χ1v) is 6.12. The minimum atomic E-state index is -0.885. The maximum Gasteiger partial charge on any atom is 0.315 e. The topological polar surface area (TPSA) is 63.3 Å². The Morgan fingerprint density at radius 3 is 2.53 bits per heavy atom. The molecule has 3 nitrogen and oxygen atoms in total. The van der Waals surface area contributed by atoms with E-state index in [-0.39, 0.29) is 12.5 Å². The van der Waals surface area contributed by atoms with Gasteiger partial charge in [0.25, 0.3) is 0 Å². The van der Waals surface area contributed by atoms with Crippen LogP contribution in [0.5, 0.6) is 0 Å². The maximum atomic E-state index is 11.8. The Kier molecular flexibility index (Phi) is 3.20. The van der Waals surface area contributed by atoms with Crippen LogP contribution in [0.2, 0.25) is 0 Å². The Bertz CT molecular complexity index is 426. The van der Waals surface area contributed by atoms with E-state index in [1.807, 2.05) is 31.2 Å². The molecule has 0 aliphatic heterocycles. The van der Waals surface area contributed by atoms with E-state index in [0.717, 1.165) is 30.4 Å². The van der Waals surface area contributed by atoms with Gasteiger partial charge in [-0.2, -0.15) is 0 Å². The standard InChI is InChI=1S/C14H19NO2/c1-10-5-2-3-8-12(10)14(9-15,13(16)17)11-6-4-7-11/h2-3,5,8,11H,4,6-7,9,15H2,1H3,(H,16,17). The molecule has 3 N–H and O–H groups in total. The smallest absolute Gasteiger partial charge is 0.315 e. The summed E-state index contributed by atoms with van der Waals surface area (Å²) in [7, 11) is 0. The monoisotopic (exact) mass is 233 g/mol. The van der Waals surface area contributed by atoms with Gasteiger partial charge in [-0.15, -0.1) is 0 Å². The van der Waals surface area contributed by atoms with Crippen molar-refractivity contribution in [3.8, 4) is 0 Å². The third-order valence-electron chi connectivity index (χ3n) is 4.13. The summed E-state index contributed by atoms with van der Waals surface area (Å²) in [5.74, 6) is -0.593. The van der Waals surface area contributed by atoms with E-state index in [4.69, 9.17) is 5.73 Å². The van der Waals surface area contributed by atoms with Gasteiger partial charge in [0.05, 0.1) is 0 Å². The summed E-state index contributed by atoms with van der Waals surface area (Å²) < 4.78 is 0. The van der Waals surface area contributed by atoms with E-state index in [1.165, 1.54) is 0 Å².